The van der Waals surface area contributed by atoms with E-state index in [-0.39, 0.29) is 5.56 Å². The first kappa shape index (κ1) is 13.7. The van der Waals surface area contributed by atoms with E-state index in [1.807, 2.05) is 19.9 Å². The Hall–Kier alpha value is -1.36. The van der Waals surface area contributed by atoms with E-state index in [9.17, 15) is 9.00 Å². The van der Waals surface area contributed by atoms with Gasteiger partial charge in [-0.1, -0.05) is 19.1 Å². The fourth-order valence-electron chi connectivity index (χ4n) is 1.51. The van der Waals surface area contributed by atoms with Gasteiger partial charge < -0.3 is 10.4 Å². The Morgan fingerprint density at radius 1 is 1.47 bits per heavy atom. The number of rotatable bonds is 6. The summed E-state index contributed by atoms with van der Waals surface area (Å²) in [5.41, 5.74) is 1.76. The minimum absolute atomic E-state index is 0.257. The summed E-state index contributed by atoms with van der Waals surface area (Å²) in [6.45, 7) is 4.24. The van der Waals surface area contributed by atoms with E-state index < -0.39 is 16.8 Å². The van der Waals surface area contributed by atoms with Crippen molar-refractivity contribution in [3.63, 3.8) is 0 Å². The van der Waals surface area contributed by atoms with Crippen LogP contribution in [0.5, 0.6) is 0 Å². The van der Waals surface area contributed by atoms with Crippen LogP contribution < -0.4 is 5.32 Å². The van der Waals surface area contributed by atoms with Crippen LogP contribution >= 0.6 is 0 Å². The number of para-hydroxylation sites is 1. The molecule has 17 heavy (non-hydrogen) atoms. The molecule has 1 unspecified atom stereocenters. The van der Waals surface area contributed by atoms with Crippen LogP contribution in [0.25, 0.3) is 0 Å². The minimum Gasteiger partial charge on any atom is -0.478 e. The minimum atomic E-state index is -0.951. The van der Waals surface area contributed by atoms with Gasteiger partial charge in [0.05, 0.1) is 11.3 Å². The first-order chi connectivity index (χ1) is 8.06. The molecule has 0 radical (unpaired) electrons. The van der Waals surface area contributed by atoms with Crippen molar-refractivity contribution in [3.05, 3.63) is 29.3 Å². The highest BCUT2D eigenvalue weighted by Gasteiger charge is 2.11. The number of nitrogens with one attached hydrogen (secondary N) is 1. The smallest absolute Gasteiger partial charge is 0.337 e. The summed E-state index contributed by atoms with van der Waals surface area (Å²) < 4.78 is 11.3. The molecular formula is C12H17NO3S. The fourth-order valence-corrected chi connectivity index (χ4v) is 2.13. The van der Waals surface area contributed by atoms with Crippen molar-refractivity contribution in [3.8, 4) is 0 Å². The Kier molecular flexibility index (Phi) is 5.15. The van der Waals surface area contributed by atoms with Crippen molar-refractivity contribution in [2.24, 2.45) is 0 Å². The maximum Gasteiger partial charge on any atom is 0.337 e. The highest BCUT2D eigenvalue weighted by molar-refractivity contribution is 7.84. The fraction of sp³-hybridized carbons (Fsp3) is 0.417. The largest absolute Gasteiger partial charge is 0.478 e. The number of hydrogen-bond acceptors (Lipinski definition) is 3. The lowest BCUT2D eigenvalue weighted by Gasteiger charge is -2.12. The number of benzene rings is 1. The van der Waals surface area contributed by atoms with Crippen LogP contribution in [0.1, 0.15) is 22.8 Å². The lowest BCUT2D eigenvalue weighted by Crippen LogP contribution is -2.15. The monoisotopic (exact) mass is 255 g/mol. The third kappa shape index (κ3) is 3.85. The Labute approximate surface area is 104 Å². The summed E-state index contributed by atoms with van der Waals surface area (Å²) in [4.78, 5) is 11.0. The molecular weight excluding hydrogens is 238 g/mol. The Balaban J connectivity index is 2.76. The predicted molar refractivity (Wildman–Crippen MR) is 70.2 cm³/mol. The van der Waals surface area contributed by atoms with E-state index in [1.165, 1.54) is 0 Å². The summed E-state index contributed by atoms with van der Waals surface area (Å²) in [6, 6.07) is 5.13. The molecule has 1 atom stereocenters. The number of aromatic carboxylic acids is 1. The molecule has 5 heteroatoms. The molecule has 1 aromatic rings. The summed E-state index contributed by atoms with van der Waals surface area (Å²) in [7, 11) is -0.834. The van der Waals surface area contributed by atoms with Gasteiger partial charge in [0.15, 0.2) is 0 Å². The van der Waals surface area contributed by atoms with Crippen molar-refractivity contribution in [2.75, 3.05) is 23.4 Å². The SMILES string of the molecule is CCS(=O)CCNc1c(C)cccc1C(=O)O. The second kappa shape index (κ2) is 6.39. The topological polar surface area (TPSA) is 66.4 Å². The molecule has 94 valence electrons. The summed E-state index contributed by atoms with van der Waals surface area (Å²) >= 11 is 0. The summed E-state index contributed by atoms with van der Waals surface area (Å²) in [6.07, 6.45) is 0. The van der Waals surface area contributed by atoms with Gasteiger partial charge in [-0.25, -0.2) is 4.79 Å². The van der Waals surface area contributed by atoms with Crippen molar-refractivity contribution in [2.45, 2.75) is 13.8 Å². The normalized spacial score (nSPS) is 12.1. The van der Waals surface area contributed by atoms with Crippen LogP contribution in [0.2, 0.25) is 0 Å². The maximum absolute atomic E-state index is 11.3. The van der Waals surface area contributed by atoms with E-state index in [0.29, 0.717) is 23.7 Å². The quantitative estimate of drug-likeness (QED) is 0.814. The van der Waals surface area contributed by atoms with Gasteiger partial charge in [0.25, 0.3) is 0 Å². The average Bonchev–Trinajstić information content (AvgIpc) is 2.30. The van der Waals surface area contributed by atoms with Crippen LogP contribution in [0.3, 0.4) is 0 Å². The lowest BCUT2D eigenvalue weighted by atomic mass is 10.1. The molecule has 0 aliphatic heterocycles. The van der Waals surface area contributed by atoms with Crippen molar-refractivity contribution in [1.29, 1.82) is 0 Å². The van der Waals surface area contributed by atoms with Gasteiger partial charge in [-0.05, 0) is 18.6 Å². The predicted octanol–water partition coefficient (Wildman–Crippen LogP) is 1.87. The van der Waals surface area contributed by atoms with Gasteiger partial charge in [-0.15, -0.1) is 0 Å². The highest BCUT2D eigenvalue weighted by atomic mass is 32.2. The zero-order valence-corrected chi connectivity index (χ0v) is 10.8. The van der Waals surface area contributed by atoms with E-state index >= 15 is 0 Å². The molecule has 1 aromatic carbocycles. The zero-order chi connectivity index (χ0) is 12.8. The second-order valence-electron chi connectivity index (χ2n) is 3.66. The number of carbonyl (C=O) groups is 1. The van der Waals surface area contributed by atoms with Crippen LogP contribution in [0.15, 0.2) is 18.2 Å². The number of carboxylic acids is 1. The molecule has 0 aliphatic carbocycles. The van der Waals surface area contributed by atoms with Gasteiger partial charge >= 0.3 is 5.97 Å². The van der Waals surface area contributed by atoms with E-state index in [4.69, 9.17) is 5.11 Å². The van der Waals surface area contributed by atoms with Gasteiger partial charge in [0.2, 0.25) is 0 Å². The number of anilines is 1. The van der Waals surface area contributed by atoms with Crippen LogP contribution in [0, 0.1) is 6.92 Å². The first-order valence-electron chi connectivity index (χ1n) is 5.48. The molecule has 1 rings (SSSR count). The van der Waals surface area contributed by atoms with Crippen molar-refractivity contribution < 1.29 is 14.1 Å². The Morgan fingerprint density at radius 2 is 2.18 bits per heavy atom. The molecule has 2 N–H and O–H groups in total. The van der Waals surface area contributed by atoms with Gasteiger partial charge in [-0.2, -0.15) is 0 Å². The lowest BCUT2D eigenvalue weighted by molar-refractivity contribution is 0.0698. The highest BCUT2D eigenvalue weighted by Crippen LogP contribution is 2.20. The van der Waals surface area contributed by atoms with Gasteiger partial charge in [-0.3, -0.25) is 4.21 Å². The maximum atomic E-state index is 11.3. The standard InChI is InChI=1S/C12H17NO3S/c1-3-17(16)8-7-13-11-9(2)5-4-6-10(11)12(14)15/h4-6,13H,3,7-8H2,1-2H3,(H,14,15). The molecule has 0 bridgehead atoms. The molecule has 0 aromatic heterocycles. The first-order valence-corrected chi connectivity index (χ1v) is 6.96. The zero-order valence-electron chi connectivity index (χ0n) is 10.0. The van der Waals surface area contributed by atoms with Crippen molar-refractivity contribution >= 4 is 22.5 Å². The Morgan fingerprint density at radius 3 is 2.76 bits per heavy atom. The molecule has 0 saturated carbocycles. The number of carboxylic acid groups (broad SMARTS) is 1. The average molecular weight is 255 g/mol. The van der Waals surface area contributed by atoms with Crippen LogP contribution in [-0.2, 0) is 10.8 Å². The molecule has 0 aliphatic rings. The molecule has 0 amide bonds. The molecule has 0 heterocycles. The molecule has 0 spiro atoms. The third-order valence-electron chi connectivity index (χ3n) is 2.46. The second-order valence-corrected chi connectivity index (χ2v) is 5.53. The number of hydrogen-bond donors (Lipinski definition) is 2. The van der Waals surface area contributed by atoms with Gasteiger partial charge in [0.1, 0.15) is 0 Å². The van der Waals surface area contributed by atoms with Gasteiger partial charge in [0, 0.05) is 28.9 Å². The molecule has 4 nitrogen and oxygen atoms in total. The van der Waals surface area contributed by atoms with E-state index in [2.05, 4.69) is 5.32 Å². The Bertz CT molecular complexity index is 432. The van der Waals surface area contributed by atoms with E-state index in [1.54, 1.807) is 12.1 Å². The summed E-state index contributed by atoms with van der Waals surface area (Å²) in [5, 5.41) is 12.1. The summed E-state index contributed by atoms with van der Waals surface area (Å²) in [5.74, 6) is 0.207. The molecule has 0 saturated heterocycles. The van der Waals surface area contributed by atoms with Crippen molar-refractivity contribution in [1.82, 2.24) is 0 Å². The van der Waals surface area contributed by atoms with E-state index in [0.717, 1.165) is 5.56 Å². The van der Waals surface area contributed by atoms with Crippen LogP contribution in [0.4, 0.5) is 5.69 Å². The third-order valence-corrected chi connectivity index (χ3v) is 3.76. The number of aryl methyl sites for hydroxylation is 1. The molecule has 0 fully saturated rings. The van der Waals surface area contributed by atoms with Crippen LogP contribution in [-0.4, -0.2) is 33.3 Å².